The first-order valence-corrected chi connectivity index (χ1v) is 21.8. The van der Waals surface area contributed by atoms with Gasteiger partial charge in [0.2, 0.25) is 0 Å². The van der Waals surface area contributed by atoms with Crippen LogP contribution in [0.15, 0.2) is 231 Å². The minimum absolute atomic E-state index is 0.352. The van der Waals surface area contributed by atoms with Gasteiger partial charge in [0.1, 0.15) is 0 Å². The maximum absolute atomic E-state index is 18.8. The quantitative estimate of drug-likeness (QED) is 0.157. The Labute approximate surface area is 375 Å². The molecule has 65 heavy (non-hydrogen) atoms. The molecule has 2 heterocycles. The minimum Gasteiger partial charge on any atom is -0.306 e. The molecule has 0 saturated heterocycles. The van der Waals surface area contributed by atoms with E-state index in [0.29, 0.717) is 16.9 Å². The Morgan fingerprint density at radius 2 is 0.631 bits per heavy atom. The van der Waals surface area contributed by atoms with Crippen molar-refractivity contribution >= 4 is 43.6 Å². The molecule has 0 fully saturated rings. The van der Waals surface area contributed by atoms with E-state index in [1.165, 1.54) is 0 Å². The molecule has 0 bridgehead atoms. The van der Waals surface area contributed by atoms with Crippen molar-refractivity contribution in [3.05, 3.63) is 242 Å². The Morgan fingerprint density at radius 3 is 1.02 bits per heavy atom. The van der Waals surface area contributed by atoms with E-state index < -0.39 is 0 Å². The van der Waals surface area contributed by atoms with Crippen molar-refractivity contribution in [2.45, 2.75) is 0 Å². The third-order valence-corrected chi connectivity index (χ3v) is 12.8. The van der Waals surface area contributed by atoms with Gasteiger partial charge >= 0.3 is 0 Å². The summed E-state index contributed by atoms with van der Waals surface area (Å²) in [7, 11) is 0. The molecule has 0 aliphatic heterocycles. The second kappa shape index (κ2) is 15.5. The van der Waals surface area contributed by atoms with Crippen molar-refractivity contribution in [2.75, 3.05) is 0 Å². The summed E-state index contributed by atoms with van der Waals surface area (Å²) in [5, 5.41) is 13.9. The van der Waals surface area contributed by atoms with Crippen LogP contribution in [-0.2, 0) is 0 Å². The van der Waals surface area contributed by atoms with Crippen molar-refractivity contribution in [2.24, 2.45) is 0 Å². The van der Waals surface area contributed by atoms with Crippen molar-refractivity contribution < 1.29 is 4.39 Å². The summed E-state index contributed by atoms with van der Waals surface area (Å²) < 4.78 is 23.0. The fourth-order valence-electron chi connectivity index (χ4n) is 9.63. The van der Waals surface area contributed by atoms with E-state index in [1.807, 2.05) is 84.9 Å². The van der Waals surface area contributed by atoms with Gasteiger partial charge in [0, 0.05) is 21.5 Å². The average Bonchev–Trinajstić information content (AvgIpc) is 3.88. The molecule has 0 unspecified atom stereocenters. The summed E-state index contributed by atoms with van der Waals surface area (Å²) in [6.07, 6.45) is 0. The third-order valence-electron chi connectivity index (χ3n) is 12.8. The zero-order valence-electron chi connectivity index (χ0n) is 35.2. The predicted molar refractivity (Wildman–Crippen MR) is 267 cm³/mol. The fourth-order valence-corrected chi connectivity index (χ4v) is 9.63. The van der Waals surface area contributed by atoms with Gasteiger partial charge in [-0.3, -0.25) is 0 Å². The van der Waals surface area contributed by atoms with E-state index in [4.69, 9.17) is 0 Å². The molecule has 4 heteroatoms. The summed E-state index contributed by atoms with van der Waals surface area (Å²) in [6, 6.07) is 81.3. The lowest BCUT2D eigenvalue weighted by Crippen LogP contribution is -2.05. The first-order chi connectivity index (χ1) is 32.1. The van der Waals surface area contributed by atoms with Crippen LogP contribution in [0.2, 0.25) is 0 Å². The normalized spacial score (nSPS) is 11.4. The topological polar surface area (TPSA) is 33.6 Å². The van der Waals surface area contributed by atoms with Crippen LogP contribution in [0.4, 0.5) is 4.39 Å². The van der Waals surface area contributed by atoms with Crippen LogP contribution in [-0.4, -0.2) is 9.13 Å². The van der Waals surface area contributed by atoms with Crippen LogP contribution in [0, 0.1) is 17.1 Å². The maximum Gasteiger partial charge on any atom is 0.171 e. The van der Waals surface area contributed by atoms with Crippen molar-refractivity contribution in [1.29, 1.82) is 5.26 Å². The average molecular weight is 832 g/mol. The number of rotatable bonds is 7. The number of halogens is 1. The molecule has 0 atom stereocenters. The van der Waals surface area contributed by atoms with Gasteiger partial charge in [-0.1, -0.05) is 170 Å². The smallest absolute Gasteiger partial charge is 0.171 e. The summed E-state index contributed by atoms with van der Waals surface area (Å²) in [5.41, 5.74) is 15.4. The Hall–Kier alpha value is -8.78. The largest absolute Gasteiger partial charge is 0.306 e. The Balaban J connectivity index is 1.19. The Kier molecular flexibility index (Phi) is 9.07. The van der Waals surface area contributed by atoms with Crippen molar-refractivity contribution in [3.63, 3.8) is 0 Å². The van der Waals surface area contributed by atoms with E-state index in [-0.39, 0.29) is 5.82 Å². The maximum atomic E-state index is 18.8. The van der Waals surface area contributed by atoms with Gasteiger partial charge in [-0.05, 0) is 116 Å². The highest BCUT2D eigenvalue weighted by molar-refractivity contribution is 6.13. The van der Waals surface area contributed by atoms with Crippen LogP contribution in [0.1, 0.15) is 5.56 Å². The summed E-state index contributed by atoms with van der Waals surface area (Å²) in [4.78, 5) is 0. The van der Waals surface area contributed by atoms with Crippen LogP contribution < -0.4 is 0 Å². The monoisotopic (exact) mass is 831 g/mol. The molecule has 0 saturated carbocycles. The molecule has 10 aromatic carbocycles. The Morgan fingerprint density at radius 1 is 0.292 bits per heavy atom. The lowest BCUT2D eigenvalue weighted by molar-refractivity contribution is 0.614. The molecule has 0 aliphatic rings. The van der Waals surface area contributed by atoms with Crippen molar-refractivity contribution in [1.82, 2.24) is 9.13 Å². The van der Waals surface area contributed by atoms with Crippen LogP contribution in [0.3, 0.4) is 0 Å². The highest BCUT2D eigenvalue weighted by Gasteiger charge is 2.24. The zero-order valence-corrected chi connectivity index (χ0v) is 35.2. The molecule has 0 amide bonds. The molecule has 304 valence electrons. The first kappa shape index (κ1) is 37.9. The molecule has 0 aliphatic carbocycles. The third kappa shape index (κ3) is 6.49. The van der Waals surface area contributed by atoms with Gasteiger partial charge in [0.05, 0.1) is 45.1 Å². The fraction of sp³-hybridized carbons (Fsp3) is 0. The number of hydrogen-bond donors (Lipinski definition) is 0. The molecule has 0 radical (unpaired) electrons. The summed E-state index contributed by atoms with van der Waals surface area (Å²) in [6.45, 7) is 0. The van der Waals surface area contributed by atoms with Gasteiger partial charge < -0.3 is 9.13 Å². The highest BCUT2D eigenvalue weighted by atomic mass is 19.1. The van der Waals surface area contributed by atoms with Gasteiger partial charge in [0.25, 0.3) is 0 Å². The van der Waals surface area contributed by atoms with Crippen LogP contribution in [0.25, 0.3) is 111 Å². The molecule has 0 N–H and O–H groups in total. The summed E-state index contributed by atoms with van der Waals surface area (Å²) in [5.74, 6) is -0.352. The van der Waals surface area contributed by atoms with Gasteiger partial charge in [-0.25, -0.2) is 4.39 Å². The molecular formula is C61H38FN3. The second-order valence-corrected chi connectivity index (χ2v) is 16.6. The van der Waals surface area contributed by atoms with Gasteiger partial charge in [-0.2, -0.15) is 5.26 Å². The second-order valence-electron chi connectivity index (χ2n) is 16.6. The molecular weight excluding hydrogens is 794 g/mol. The first-order valence-electron chi connectivity index (χ1n) is 21.8. The molecule has 12 rings (SSSR count). The SMILES string of the molecule is N#Cc1ccc(-c2cc(-n3c4ccc(-c5ccccc5)cc4c4ccc(-c5ccccc5)cc43)c(F)c(-n3c4ccc(-c5ccccc5)cc4c4ccc(-c5ccccc5)cc43)c2)cc1. The molecule has 2 aromatic heterocycles. The summed E-state index contributed by atoms with van der Waals surface area (Å²) >= 11 is 0. The van der Waals surface area contributed by atoms with E-state index in [0.717, 1.165) is 99.2 Å². The zero-order chi connectivity index (χ0) is 43.4. The van der Waals surface area contributed by atoms with Gasteiger partial charge in [-0.15, -0.1) is 0 Å². The lowest BCUT2D eigenvalue weighted by Gasteiger charge is -2.18. The van der Waals surface area contributed by atoms with Crippen LogP contribution >= 0.6 is 0 Å². The number of fused-ring (bicyclic) bond motifs is 6. The highest BCUT2D eigenvalue weighted by Crippen LogP contribution is 2.43. The van der Waals surface area contributed by atoms with E-state index >= 15 is 4.39 Å². The number of nitriles is 1. The van der Waals surface area contributed by atoms with Crippen molar-refractivity contribution in [3.8, 4) is 73.1 Å². The number of hydrogen-bond acceptors (Lipinski definition) is 1. The minimum atomic E-state index is -0.352. The Bertz CT molecular complexity index is 3580. The van der Waals surface area contributed by atoms with E-state index in [9.17, 15) is 5.26 Å². The molecule has 0 spiro atoms. The van der Waals surface area contributed by atoms with E-state index in [2.05, 4.69) is 161 Å². The van der Waals surface area contributed by atoms with Crippen LogP contribution in [0.5, 0.6) is 0 Å². The molecule has 12 aromatic rings. The number of nitrogens with zero attached hydrogens (tertiary/aromatic N) is 3. The van der Waals surface area contributed by atoms with E-state index in [1.54, 1.807) is 0 Å². The standard InChI is InChI=1S/C61H38FN3/c62-61-59(64-55-31-27-46(41-13-5-1-6-14-41)33-53(55)51-29-25-48(35-57(51)64)43-17-9-3-10-18-43)37-50(45-23-21-40(39-63)22-24-45)38-60(61)65-56-32-28-47(42-15-7-2-8-16-42)34-54(56)52-30-26-49(36-58(52)65)44-19-11-4-12-20-44/h1-38H. The lowest BCUT2D eigenvalue weighted by atomic mass is 10.0. The predicted octanol–water partition coefficient (Wildman–Crippen LogP) is 16.2. The number of aromatic nitrogens is 2. The van der Waals surface area contributed by atoms with Gasteiger partial charge in [0.15, 0.2) is 5.82 Å². The molecule has 3 nitrogen and oxygen atoms in total. The number of benzene rings is 10.